The van der Waals surface area contributed by atoms with E-state index in [1.54, 1.807) is 48.5 Å². The van der Waals surface area contributed by atoms with E-state index in [4.69, 9.17) is 10.5 Å². The molecule has 0 aliphatic rings. The van der Waals surface area contributed by atoms with E-state index >= 15 is 0 Å². The first-order chi connectivity index (χ1) is 11.1. The summed E-state index contributed by atoms with van der Waals surface area (Å²) in [5.41, 5.74) is 5.96. The maximum atomic E-state index is 12.2. The predicted octanol–water partition coefficient (Wildman–Crippen LogP) is 1.32. The van der Waals surface area contributed by atoms with Gasteiger partial charge in [-0.05, 0) is 24.3 Å². The average molecular weight is 313 g/mol. The van der Waals surface area contributed by atoms with Crippen LogP contribution in [0.3, 0.4) is 0 Å². The van der Waals surface area contributed by atoms with Gasteiger partial charge < -0.3 is 15.2 Å². The number of ether oxygens (including phenoxy) is 2. The molecule has 0 atom stereocenters. The van der Waals surface area contributed by atoms with Crippen LogP contribution in [0.25, 0.3) is 0 Å². The van der Waals surface area contributed by atoms with Crippen molar-refractivity contribution in [2.75, 3.05) is 13.2 Å². The van der Waals surface area contributed by atoms with Gasteiger partial charge in [-0.2, -0.15) is 0 Å². The van der Waals surface area contributed by atoms with Crippen molar-refractivity contribution in [3.05, 3.63) is 65.7 Å². The molecule has 0 aliphatic heterocycles. The van der Waals surface area contributed by atoms with Gasteiger partial charge in [0.1, 0.15) is 5.75 Å². The monoisotopic (exact) mass is 313 g/mol. The number of amides is 1. The zero-order valence-corrected chi connectivity index (χ0v) is 12.2. The Morgan fingerprint density at radius 2 is 1.43 bits per heavy atom. The van der Waals surface area contributed by atoms with Crippen LogP contribution in [-0.4, -0.2) is 30.9 Å². The van der Waals surface area contributed by atoms with Gasteiger partial charge in [0.05, 0.1) is 0 Å². The Morgan fingerprint density at radius 1 is 0.826 bits per heavy atom. The van der Waals surface area contributed by atoms with Crippen molar-refractivity contribution < 1.29 is 23.9 Å². The fourth-order valence-electron chi connectivity index (χ4n) is 1.79. The number of ketones is 1. The van der Waals surface area contributed by atoms with E-state index in [1.807, 2.05) is 6.07 Å². The van der Waals surface area contributed by atoms with Crippen LogP contribution in [0.1, 0.15) is 15.9 Å². The van der Waals surface area contributed by atoms with Crippen LogP contribution >= 0.6 is 0 Å². The van der Waals surface area contributed by atoms with Crippen LogP contribution in [0.15, 0.2) is 54.6 Å². The summed E-state index contributed by atoms with van der Waals surface area (Å²) in [4.78, 5) is 34.0. The molecule has 6 heteroatoms. The fraction of sp³-hybridized carbons (Fsp3) is 0.118. The van der Waals surface area contributed by atoms with Crippen LogP contribution in [0.5, 0.6) is 5.75 Å². The second-order valence-electron chi connectivity index (χ2n) is 4.64. The second kappa shape index (κ2) is 7.74. The molecule has 1 amide bonds. The minimum absolute atomic E-state index is 0.0991. The summed E-state index contributed by atoms with van der Waals surface area (Å²) in [6.07, 6.45) is 0. The number of esters is 1. The molecule has 0 radical (unpaired) electrons. The number of hydrogen-bond donors (Lipinski definition) is 1. The first-order valence-electron chi connectivity index (χ1n) is 6.83. The molecule has 2 rings (SSSR count). The minimum atomic E-state index is -0.734. The van der Waals surface area contributed by atoms with Gasteiger partial charge in [-0.1, -0.05) is 30.3 Å². The molecule has 0 spiro atoms. The molecule has 0 fully saturated rings. The van der Waals surface area contributed by atoms with E-state index < -0.39 is 18.5 Å². The first kappa shape index (κ1) is 16.2. The molecule has 0 aliphatic carbocycles. The van der Waals surface area contributed by atoms with Crippen LogP contribution in [0, 0.1) is 0 Å². The molecule has 118 valence electrons. The first-order valence-corrected chi connectivity index (χ1v) is 6.83. The predicted molar refractivity (Wildman–Crippen MR) is 82.0 cm³/mol. The number of carbonyl (C=O) groups excluding carboxylic acids is 3. The number of hydrogen-bond acceptors (Lipinski definition) is 5. The maximum absolute atomic E-state index is 12.2. The Kier molecular flexibility index (Phi) is 5.46. The standard InChI is InChI=1S/C17H15NO5/c18-15(19)10-23-16(20)11-22-14-8-6-13(7-9-14)17(21)12-4-2-1-3-5-12/h1-9H,10-11H2,(H2,18,19). The lowest BCUT2D eigenvalue weighted by molar-refractivity contribution is -0.149. The average Bonchev–Trinajstić information content (AvgIpc) is 2.58. The molecular weight excluding hydrogens is 298 g/mol. The summed E-state index contributed by atoms with van der Waals surface area (Å²) in [7, 11) is 0. The molecule has 0 aromatic heterocycles. The van der Waals surface area contributed by atoms with Gasteiger partial charge >= 0.3 is 5.97 Å². The lowest BCUT2D eigenvalue weighted by Crippen LogP contribution is -2.23. The van der Waals surface area contributed by atoms with Crippen LogP contribution in [-0.2, 0) is 14.3 Å². The summed E-state index contributed by atoms with van der Waals surface area (Å²) in [6, 6.07) is 15.3. The molecule has 0 unspecified atom stereocenters. The van der Waals surface area contributed by atoms with Crippen molar-refractivity contribution in [2.45, 2.75) is 0 Å². The second-order valence-corrected chi connectivity index (χ2v) is 4.64. The molecule has 2 aromatic rings. The molecule has 2 aromatic carbocycles. The van der Waals surface area contributed by atoms with E-state index in [0.29, 0.717) is 16.9 Å². The summed E-state index contributed by atoms with van der Waals surface area (Å²) < 4.78 is 9.75. The molecule has 23 heavy (non-hydrogen) atoms. The Morgan fingerprint density at radius 3 is 2.04 bits per heavy atom. The summed E-state index contributed by atoms with van der Waals surface area (Å²) in [5.74, 6) is -1.13. The number of carbonyl (C=O) groups is 3. The van der Waals surface area contributed by atoms with E-state index in [1.165, 1.54) is 0 Å². The largest absolute Gasteiger partial charge is 0.482 e. The summed E-state index contributed by atoms with van der Waals surface area (Å²) in [6.45, 7) is -0.827. The lowest BCUT2D eigenvalue weighted by Gasteiger charge is -2.07. The number of nitrogens with two attached hydrogens (primary N) is 1. The van der Waals surface area contributed by atoms with Crippen molar-refractivity contribution in [3.63, 3.8) is 0 Å². The number of primary amides is 1. The van der Waals surface area contributed by atoms with Crippen molar-refractivity contribution in [3.8, 4) is 5.75 Å². The van der Waals surface area contributed by atoms with Gasteiger partial charge in [-0.25, -0.2) is 4.79 Å². The molecule has 6 nitrogen and oxygen atoms in total. The quantitative estimate of drug-likeness (QED) is 0.614. The zero-order valence-electron chi connectivity index (χ0n) is 12.2. The molecular formula is C17H15NO5. The Balaban J connectivity index is 1.91. The van der Waals surface area contributed by atoms with Gasteiger partial charge in [-0.15, -0.1) is 0 Å². The minimum Gasteiger partial charge on any atom is -0.482 e. The zero-order chi connectivity index (χ0) is 16.7. The van der Waals surface area contributed by atoms with Crippen LogP contribution in [0.2, 0.25) is 0 Å². The smallest absolute Gasteiger partial charge is 0.344 e. The van der Waals surface area contributed by atoms with Gasteiger partial charge in [0.15, 0.2) is 19.0 Å². The van der Waals surface area contributed by atoms with Crippen LogP contribution in [0.4, 0.5) is 0 Å². The summed E-state index contributed by atoms with van der Waals surface area (Å²) in [5, 5.41) is 0. The highest BCUT2D eigenvalue weighted by atomic mass is 16.6. The fourth-order valence-corrected chi connectivity index (χ4v) is 1.79. The van der Waals surface area contributed by atoms with Gasteiger partial charge in [0, 0.05) is 11.1 Å². The Bertz CT molecular complexity index is 695. The molecule has 0 bridgehead atoms. The third kappa shape index (κ3) is 4.96. The summed E-state index contributed by atoms with van der Waals surface area (Å²) >= 11 is 0. The van der Waals surface area contributed by atoms with Crippen molar-refractivity contribution in [1.82, 2.24) is 0 Å². The molecule has 2 N–H and O–H groups in total. The highest BCUT2D eigenvalue weighted by Crippen LogP contribution is 2.15. The normalized spacial score (nSPS) is 9.91. The Hall–Kier alpha value is -3.15. The van der Waals surface area contributed by atoms with E-state index in [-0.39, 0.29) is 12.4 Å². The number of benzene rings is 2. The van der Waals surface area contributed by atoms with Crippen molar-refractivity contribution >= 4 is 17.7 Å². The van der Waals surface area contributed by atoms with Gasteiger partial charge in [0.25, 0.3) is 5.91 Å². The maximum Gasteiger partial charge on any atom is 0.344 e. The van der Waals surface area contributed by atoms with Gasteiger partial charge in [-0.3, -0.25) is 9.59 Å². The molecule has 0 heterocycles. The SMILES string of the molecule is NC(=O)COC(=O)COc1ccc(C(=O)c2ccccc2)cc1. The van der Waals surface area contributed by atoms with Crippen molar-refractivity contribution in [1.29, 1.82) is 0 Å². The molecule has 0 saturated heterocycles. The highest BCUT2D eigenvalue weighted by Gasteiger charge is 2.09. The number of rotatable bonds is 7. The van der Waals surface area contributed by atoms with Crippen LogP contribution < -0.4 is 10.5 Å². The topological polar surface area (TPSA) is 95.7 Å². The third-order valence-electron chi connectivity index (χ3n) is 2.88. The Labute approximate surface area is 132 Å². The van der Waals surface area contributed by atoms with E-state index in [0.717, 1.165) is 0 Å². The molecule has 0 saturated carbocycles. The third-order valence-corrected chi connectivity index (χ3v) is 2.88. The van der Waals surface area contributed by atoms with E-state index in [2.05, 4.69) is 4.74 Å². The van der Waals surface area contributed by atoms with Gasteiger partial charge in [0.2, 0.25) is 0 Å². The lowest BCUT2D eigenvalue weighted by atomic mass is 10.0. The van der Waals surface area contributed by atoms with Crippen molar-refractivity contribution in [2.24, 2.45) is 5.73 Å². The highest BCUT2D eigenvalue weighted by molar-refractivity contribution is 6.08. The van der Waals surface area contributed by atoms with E-state index in [9.17, 15) is 14.4 Å².